The van der Waals surface area contributed by atoms with E-state index in [9.17, 15) is 0 Å². The van der Waals surface area contributed by atoms with Gasteiger partial charge in [-0.3, -0.25) is 0 Å². The smallest absolute Gasteiger partial charge is 0.125 e. The molecule has 0 amide bonds. The zero-order valence-electron chi connectivity index (χ0n) is 60.4. The van der Waals surface area contributed by atoms with E-state index in [4.69, 9.17) is 0 Å². The van der Waals surface area contributed by atoms with Crippen molar-refractivity contribution < 1.29 is 0 Å². The first-order valence-electron chi connectivity index (χ1n) is 34.6. The van der Waals surface area contributed by atoms with Gasteiger partial charge in [-0.2, -0.15) is 0 Å². The van der Waals surface area contributed by atoms with E-state index in [1.54, 1.807) is 31.2 Å². The summed E-state index contributed by atoms with van der Waals surface area (Å²) in [6.45, 7) is 61.1. The molecule has 5 fully saturated rings. The fourth-order valence-corrected chi connectivity index (χ4v) is 9.96. The van der Waals surface area contributed by atoms with Crippen molar-refractivity contribution in [2.24, 2.45) is 29.6 Å². The Hall–Kier alpha value is -3.58. The summed E-state index contributed by atoms with van der Waals surface area (Å²) in [5.74, 6) is 6.87. The van der Waals surface area contributed by atoms with Crippen LogP contribution >= 0.6 is 0 Å². The van der Waals surface area contributed by atoms with Gasteiger partial charge in [0.15, 0.2) is 0 Å². The molecule has 0 atom stereocenters. The third-order valence-corrected chi connectivity index (χ3v) is 15.1. The normalized spacial score (nSPS) is 20.5. The van der Waals surface area contributed by atoms with Crippen LogP contribution in [-0.4, -0.2) is 98.2 Å². The quantitative estimate of drug-likeness (QED) is 0.203. The van der Waals surface area contributed by atoms with Crippen molar-refractivity contribution in [3.63, 3.8) is 0 Å². The Kier molecular flexibility index (Phi) is 64.4. The van der Waals surface area contributed by atoms with Crippen LogP contribution < -0.4 is 4.90 Å². The molecule has 3 saturated carbocycles. The highest BCUT2D eigenvalue weighted by molar-refractivity contribution is 5.61. The lowest BCUT2D eigenvalue weighted by Crippen LogP contribution is -2.44. The number of aryl methyl sites for hydroxylation is 4. The van der Waals surface area contributed by atoms with Crippen LogP contribution in [0, 0.1) is 57.3 Å². The minimum atomic E-state index is 0.806. The molecule has 82 heavy (non-hydrogen) atoms. The molecule has 0 unspecified atom stereocenters. The summed E-state index contributed by atoms with van der Waals surface area (Å²) in [7, 11) is 6.53. The molecule has 3 heterocycles. The second-order valence-corrected chi connectivity index (χ2v) is 21.0. The molecule has 3 aliphatic carbocycles. The van der Waals surface area contributed by atoms with Crippen LogP contribution in [0.4, 0.5) is 5.69 Å². The van der Waals surface area contributed by atoms with E-state index in [1.165, 1.54) is 113 Å². The van der Waals surface area contributed by atoms with Crippen molar-refractivity contribution in [2.45, 2.75) is 256 Å². The highest BCUT2D eigenvalue weighted by Gasteiger charge is 2.28. The molecule has 478 valence electrons. The van der Waals surface area contributed by atoms with Gasteiger partial charge in [-0.1, -0.05) is 261 Å². The van der Waals surface area contributed by atoms with Crippen molar-refractivity contribution in [1.82, 2.24) is 24.7 Å². The van der Waals surface area contributed by atoms with Crippen LogP contribution in [0.3, 0.4) is 0 Å². The van der Waals surface area contributed by atoms with Gasteiger partial charge in [-0.15, -0.1) is 0 Å². The van der Waals surface area contributed by atoms with Crippen LogP contribution in [0.2, 0.25) is 0 Å². The second-order valence-electron chi connectivity index (χ2n) is 21.0. The third-order valence-electron chi connectivity index (χ3n) is 15.1. The van der Waals surface area contributed by atoms with Crippen molar-refractivity contribution in [2.75, 3.05) is 78.4 Å². The standard InChI is InChI=1S/C14H26.C14H20.C12H18N2.C12H12N2.C6H14N2.9C2H6/c2*1-11-3-7-13(8-4-11)14-9-5-12(2)6-10-14;1-11-3-5-12(6-4-11)14-9-7-13(2)8-10-14;1-9-3-5-11(6-4-9)12-7-13-10(2)14-8-12;1-7-3-5-8(2)6-4-7;9*1-2/h11-14H,3-10H2,1-2H3;3-4,7-8,12,14H,5-6,9-10H2,1-2H3;3-6H,7-10H2,1-2H3;3-8H,1-2H3;3-6H2,1-2H3;9*1-2H3. The summed E-state index contributed by atoms with van der Waals surface area (Å²) in [4.78, 5) is 17.9. The van der Waals surface area contributed by atoms with Crippen molar-refractivity contribution in [3.05, 3.63) is 113 Å². The van der Waals surface area contributed by atoms with E-state index >= 15 is 0 Å². The zero-order valence-corrected chi connectivity index (χ0v) is 60.4. The highest BCUT2D eigenvalue weighted by atomic mass is 15.2. The maximum Gasteiger partial charge on any atom is 0.125 e. The molecule has 3 aromatic carbocycles. The van der Waals surface area contributed by atoms with Gasteiger partial charge in [0.1, 0.15) is 5.82 Å². The van der Waals surface area contributed by atoms with Gasteiger partial charge < -0.3 is 19.6 Å². The molecule has 0 spiro atoms. The zero-order chi connectivity index (χ0) is 63.8. The number of likely N-dealkylation sites (N-methyl/N-ethyl adjacent to an activating group) is 3. The molecule has 9 rings (SSSR count). The first kappa shape index (κ1) is 87.2. The fourth-order valence-electron chi connectivity index (χ4n) is 9.96. The van der Waals surface area contributed by atoms with Crippen molar-refractivity contribution in [3.8, 4) is 11.1 Å². The Morgan fingerprint density at radius 2 is 0.585 bits per heavy atom. The minimum absolute atomic E-state index is 0.806. The Balaban J connectivity index is -0.000000283. The van der Waals surface area contributed by atoms with Gasteiger partial charge in [0, 0.05) is 76.0 Å². The van der Waals surface area contributed by atoms with E-state index in [0.717, 1.165) is 65.5 Å². The maximum atomic E-state index is 4.17. The van der Waals surface area contributed by atoms with Gasteiger partial charge in [-0.25, -0.2) is 9.97 Å². The predicted octanol–water partition coefficient (Wildman–Crippen LogP) is 22.5. The Morgan fingerprint density at radius 1 is 0.317 bits per heavy atom. The Morgan fingerprint density at radius 3 is 0.902 bits per heavy atom. The summed E-state index contributed by atoms with van der Waals surface area (Å²) in [5.41, 5.74) is 9.12. The molecule has 0 bridgehead atoms. The summed E-state index contributed by atoms with van der Waals surface area (Å²) < 4.78 is 0. The number of aromatic nitrogens is 2. The maximum absolute atomic E-state index is 4.17. The lowest BCUT2D eigenvalue weighted by atomic mass is 9.70. The minimum Gasteiger partial charge on any atom is -0.369 e. The van der Waals surface area contributed by atoms with E-state index in [-0.39, 0.29) is 0 Å². The molecular weight excluding hydrogens is 997 g/mol. The summed E-state index contributed by atoms with van der Waals surface area (Å²) >= 11 is 0. The van der Waals surface area contributed by atoms with Gasteiger partial charge in [0.25, 0.3) is 0 Å². The second kappa shape index (κ2) is 60.5. The van der Waals surface area contributed by atoms with E-state index in [0.29, 0.717) is 0 Å². The van der Waals surface area contributed by atoms with Crippen LogP contribution in [0.5, 0.6) is 0 Å². The first-order chi connectivity index (χ1) is 39.8. The van der Waals surface area contributed by atoms with Crippen LogP contribution in [0.1, 0.15) is 256 Å². The van der Waals surface area contributed by atoms with Crippen LogP contribution in [-0.2, 0) is 0 Å². The number of hydrogen-bond acceptors (Lipinski definition) is 6. The van der Waals surface area contributed by atoms with Gasteiger partial charge >= 0.3 is 0 Å². The topological polar surface area (TPSA) is 38.7 Å². The molecule has 2 saturated heterocycles. The van der Waals surface area contributed by atoms with Crippen LogP contribution in [0.15, 0.2) is 85.2 Å². The van der Waals surface area contributed by atoms with E-state index < -0.39 is 0 Å². The molecule has 5 aliphatic rings. The molecule has 6 heteroatoms. The van der Waals surface area contributed by atoms with E-state index in [1.807, 2.05) is 144 Å². The number of hydrogen-bond donors (Lipinski definition) is 0. The molecule has 0 N–H and O–H groups in total. The van der Waals surface area contributed by atoms with E-state index in [2.05, 4.69) is 165 Å². The molecule has 6 nitrogen and oxygen atoms in total. The molecule has 2 aliphatic heterocycles. The number of nitrogens with zero attached hydrogens (tertiary/aromatic N) is 6. The number of piperazine rings is 2. The third kappa shape index (κ3) is 41.4. The van der Waals surface area contributed by atoms with Gasteiger partial charge in [0.2, 0.25) is 0 Å². The average Bonchev–Trinajstić information content (AvgIpc) is 3.55. The van der Waals surface area contributed by atoms with Crippen LogP contribution in [0.25, 0.3) is 11.1 Å². The summed E-state index contributed by atoms with van der Waals surface area (Å²) in [6.07, 6.45) is 21.5. The molecule has 4 aromatic rings. The summed E-state index contributed by atoms with van der Waals surface area (Å²) in [6, 6.07) is 26.3. The number of anilines is 1. The lowest BCUT2D eigenvalue weighted by Gasteiger charge is -2.36. The monoisotopic (exact) mass is 1140 g/mol. The Labute approximate surface area is 516 Å². The number of benzene rings is 3. The molecular formula is C76H144N6. The van der Waals surface area contributed by atoms with Crippen molar-refractivity contribution in [1.29, 1.82) is 0 Å². The fraction of sp³-hybridized carbons (Fsp3) is 0.711. The largest absolute Gasteiger partial charge is 0.369 e. The summed E-state index contributed by atoms with van der Waals surface area (Å²) in [5, 5.41) is 0. The SMILES string of the molecule is CC.CC.CC.CC.CC.CC.CC.CC.CC.CC1CCC(C2CCC(C)CC2)CC1.CN1CCN(C)CC1.Cc1ccc(-c2cnc(C)nc2)cc1.Cc1ccc(C2CCC(C)CC2)cc1.Cc1ccc(N2CCN(C)CC2)cc1. The van der Waals surface area contributed by atoms with Gasteiger partial charge in [0.05, 0.1) is 0 Å². The predicted molar refractivity (Wildman–Crippen MR) is 379 cm³/mol. The number of rotatable bonds is 4. The van der Waals surface area contributed by atoms with Crippen molar-refractivity contribution >= 4 is 5.69 Å². The Bertz CT molecular complexity index is 1670. The molecule has 0 radical (unpaired) electrons. The van der Waals surface area contributed by atoms with Gasteiger partial charge in [-0.05, 0) is 146 Å². The highest BCUT2D eigenvalue weighted by Crippen LogP contribution is 2.41. The lowest BCUT2D eigenvalue weighted by molar-refractivity contribution is 0.155. The first-order valence-corrected chi connectivity index (χ1v) is 34.6. The molecule has 1 aromatic heterocycles. The average molecular weight is 1140 g/mol.